The van der Waals surface area contributed by atoms with Gasteiger partial charge in [0.1, 0.15) is 18.1 Å². The van der Waals surface area contributed by atoms with Crippen LogP contribution in [0.3, 0.4) is 0 Å². The number of benzene rings is 1. The third-order valence-electron chi connectivity index (χ3n) is 5.26. The standard InChI is InChI=1S/C21H30O3/c1-5-16(15(2)13-20-21(3,4)24-20)10-12-22-18-9-8-17-7-6-11-23-19(17)14-18/h8-10,14-15,20H,5-7,11-13H2,1-4H3/b16-10+. The molecule has 0 spiro atoms. The summed E-state index contributed by atoms with van der Waals surface area (Å²) in [5.41, 5.74) is 2.82. The first kappa shape index (κ1) is 17.3. The first-order valence-corrected chi connectivity index (χ1v) is 9.25. The van der Waals surface area contributed by atoms with E-state index in [1.165, 1.54) is 11.1 Å². The van der Waals surface area contributed by atoms with Gasteiger partial charge in [-0.05, 0) is 63.2 Å². The van der Waals surface area contributed by atoms with E-state index < -0.39 is 0 Å². The molecule has 0 saturated carbocycles. The molecule has 0 aliphatic carbocycles. The fourth-order valence-corrected chi connectivity index (χ4v) is 3.49. The topological polar surface area (TPSA) is 31.0 Å². The number of hydrogen-bond acceptors (Lipinski definition) is 3. The van der Waals surface area contributed by atoms with E-state index in [0.717, 1.165) is 43.8 Å². The van der Waals surface area contributed by atoms with Gasteiger partial charge in [0.2, 0.25) is 0 Å². The summed E-state index contributed by atoms with van der Waals surface area (Å²) in [6, 6.07) is 6.21. The zero-order valence-corrected chi connectivity index (χ0v) is 15.4. The van der Waals surface area contributed by atoms with Gasteiger partial charge in [-0.2, -0.15) is 0 Å². The summed E-state index contributed by atoms with van der Waals surface area (Å²) in [6.07, 6.45) is 7.01. The van der Waals surface area contributed by atoms with Crippen LogP contribution in [-0.4, -0.2) is 24.9 Å². The van der Waals surface area contributed by atoms with E-state index in [1.807, 2.05) is 6.07 Å². The lowest BCUT2D eigenvalue weighted by Gasteiger charge is -2.18. The highest BCUT2D eigenvalue weighted by molar-refractivity contribution is 5.41. The van der Waals surface area contributed by atoms with Gasteiger partial charge in [0.25, 0.3) is 0 Å². The number of hydrogen-bond donors (Lipinski definition) is 0. The quantitative estimate of drug-likeness (QED) is 0.524. The summed E-state index contributed by atoms with van der Waals surface area (Å²) in [5.74, 6) is 2.42. The van der Waals surface area contributed by atoms with Crippen molar-refractivity contribution in [3.63, 3.8) is 0 Å². The van der Waals surface area contributed by atoms with Crippen LogP contribution in [0, 0.1) is 5.92 Å². The Labute approximate surface area is 146 Å². The predicted molar refractivity (Wildman–Crippen MR) is 96.9 cm³/mol. The molecule has 0 N–H and O–H groups in total. The largest absolute Gasteiger partial charge is 0.493 e. The molecule has 2 heterocycles. The second kappa shape index (κ2) is 7.18. The molecule has 1 saturated heterocycles. The van der Waals surface area contributed by atoms with E-state index >= 15 is 0 Å². The molecule has 2 unspecified atom stereocenters. The summed E-state index contributed by atoms with van der Waals surface area (Å²) in [4.78, 5) is 0. The van der Waals surface area contributed by atoms with Gasteiger partial charge in [0, 0.05) is 6.07 Å². The molecule has 0 bridgehead atoms. The molecule has 1 aromatic rings. The smallest absolute Gasteiger partial charge is 0.126 e. The van der Waals surface area contributed by atoms with Gasteiger partial charge in [-0.3, -0.25) is 0 Å². The molecule has 0 aromatic heterocycles. The second-order valence-corrected chi connectivity index (χ2v) is 7.51. The van der Waals surface area contributed by atoms with E-state index in [2.05, 4.69) is 45.9 Å². The summed E-state index contributed by atoms with van der Waals surface area (Å²) >= 11 is 0. The first-order valence-electron chi connectivity index (χ1n) is 9.25. The Morgan fingerprint density at radius 1 is 1.42 bits per heavy atom. The molecule has 1 aromatic carbocycles. The van der Waals surface area contributed by atoms with Gasteiger partial charge < -0.3 is 14.2 Å². The Balaban J connectivity index is 1.54. The van der Waals surface area contributed by atoms with Crippen molar-refractivity contribution in [1.82, 2.24) is 0 Å². The fourth-order valence-electron chi connectivity index (χ4n) is 3.49. The molecule has 3 rings (SSSR count). The predicted octanol–water partition coefficient (Wildman–Crippen LogP) is 4.93. The fraction of sp³-hybridized carbons (Fsp3) is 0.619. The van der Waals surface area contributed by atoms with Gasteiger partial charge in [-0.25, -0.2) is 0 Å². The third-order valence-corrected chi connectivity index (χ3v) is 5.26. The SMILES string of the molecule is CC/C(=C\COc1ccc2c(c1)OCCC2)C(C)CC1OC1(C)C. The van der Waals surface area contributed by atoms with E-state index in [9.17, 15) is 0 Å². The molecule has 2 aliphatic heterocycles. The Morgan fingerprint density at radius 2 is 2.21 bits per heavy atom. The Hall–Kier alpha value is -1.48. The molecular weight excluding hydrogens is 300 g/mol. The molecule has 0 amide bonds. The number of ether oxygens (including phenoxy) is 3. The van der Waals surface area contributed by atoms with Crippen molar-refractivity contribution in [2.24, 2.45) is 5.92 Å². The van der Waals surface area contributed by atoms with Gasteiger partial charge in [-0.15, -0.1) is 0 Å². The number of allylic oxidation sites excluding steroid dienone is 1. The molecule has 1 fully saturated rings. The van der Waals surface area contributed by atoms with Crippen LogP contribution in [0.2, 0.25) is 0 Å². The summed E-state index contributed by atoms with van der Waals surface area (Å²) in [7, 11) is 0. The van der Waals surface area contributed by atoms with Crippen molar-refractivity contribution < 1.29 is 14.2 Å². The van der Waals surface area contributed by atoms with Gasteiger partial charge in [0.05, 0.1) is 18.3 Å². The third kappa shape index (κ3) is 4.13. The zero-order valence-electron chi connectivity index (χ0n) is 15.4. The highest BCUT2D eigenvalue weighted by Gasteiger charge is 2.47. The monoisotopic (exact) mass is 330 g/mol. The van der Waals surface area contributed by atoms with E-state index in [0.29, 0.717) is 18.6 Å². The highest BCUT2D eigenvalue weighted by Crippen LogP contribution is 2.41. The van der Waals surface area contributed by atoms with Crippen LogP contribution in [0.4, 0.5) is 0 Å². The van der Waals surface area contributed by atoms with Gasteiger partial charge in [-0.1, -0.05) is 25.5 Å². The van der Waals surface area contributed by atoms with Crippen molar-refractivity contribution in [2.45, 2.75) is 65.1 Å². The minimum atomic E-state index is 0.0761. The Bertz CT molecular complexity index is 603. The molecule has 2 atom stereocenters. The molecule has 0 radical (unpaired) electrons. The molecule has 132 valence electrons. The summed E-state index contributed by atoms with van der Waals surface area (Å²) in [5, 5.41) is 0. The van der Waals surface area contributed by atoms with Gasteiger partial charge in [0.15, 0.2) is 0 Å². The molecule has 3 heteroatoms. The molecule has 3 nitrogen and oxygen atoms in total. The average molecular weight is 330 g/mol. The summed E-state index contributed by atoms with van der Waals surface area (Å²) in [6.45, 7) is 10.3. The van der Waals surface area contributed by atoms with Crippen molar-refractivity contribution in [1.29, 1.82) is 0 Å². The minimum absolute atomic E-state index is 0.0761. The maximum atomic E-state index is 5.93. The van der Waals surface area contributed by atoms with E-state index in [4.69, 9.17) is 14.2 Å². The number of rotatable bonds is 7. The maximum Gasteiger partial charge on any atom is 0.126 e. The van der Waals surface area contributed by atoms with Crippen molar-refractivity contribution in [3.05, 3.63) is 35.4 Å². The van der Waals surface area contributed by atoms with Crippen molar-refractivity contribution >= 4 is 0 Å². The molecule has 2 aliphatic rings. The van der Waals surface area contributed by atoms with Gasteiger partial charge >= 0.3 is 0 Å². The molecule has 24 heavy (non-hydrogen) atoms. The zero-order chi connectivity index (χ0) is 17.2. The maximum absolute atomic E-state index is 5.93. The first-order chi connectivity index (χ1) is 11.5. The summed E-state index contributed by atoms with van der Waals surface area (Å²) < 4.78 is 17.4. The number of aryl methyl sites for hydroxylation is 1. The van der Waals surface area contributed by atoms with E-state index in [1.54, 1.807) is 0 Å². The Morgan fingerprint density at radius 3 is 2.92 bits per heavy atom. The minimum Gasteiger partial charge on any atom is -0.493 e. The lowest BCUT2D eigenvalue weighted by atomic mass is 9.91. The van der Waals surface area contributed by atoms with Crippen LogP contribution in [-0.2, 0) is 11.2 Å². The second-order valence-electron chi connectivity index (χ2n) is 7.51. The van der Waals surface area contributed by atoms with Crippen LogP contribution in [0.5, 0.6) is 11.5 Å². The van der Waals surface area contributed by atoms with Crippen molar-refractivity contribution in [2.75, 3.05) is 13.2 Å². The van der Waals surface area contributed by atoms with Crippen LogP contribution in [0.1, 0.15) is 52.5 Å². The number of epoxide rings is 1. The van der Waals surface area contributed by atoms with Crippen LogP contribution >= 0.6 is 0 Å². The van der Waals surface area contributed by atoms with Crippen LogP contribution in [0.25, 0.3) is 0 Å². The normalized spacial score (nSPS) is 23.2. The van der Waals surface area contributed by atoms with Crippen LogP contribution in [0.15, 0.2) is 29.8 Å². The van der Waals surface area contributed by atoms with E-state index in [-0.39, 0.29) is 5.60 Å². The van der Waals surface area contributed by atoms with Crippen molar-refractivity contribution in [3.8, 4) is 11.5 Å². The lowest BCUT2D eigenvalue weighted by molar-refractivity contribution is 0.284. The number of fused-ring (bicyclic) bond motifs is 1. The average Bonchev–Trinajstić information content (AvgIpc) is 3.17. The highest BCUT2D eigenvalue weighted by atomic mass is 16.6. The molecular formula is C21H30O3. The lowest BCUT2D eigenvalue weighted by Crippen LogP contribution is -2.10. The van der Waals surface area contributed by atoms with Crippen LogP contribution < -0.4 is 9.47 Å². The Kier molecular flexibility index (Phi) is 5.19.